The average molecular weight is 618 g/mol. The summed E-state index contributed by atoms with van der Waals surface area (Å²) in [6, 6.07) is 32.2. The van der Waals surface area contributed by atoms with E-state index in [-0.39, 0.29) is 37.2 Å². The van der Waals surface area contributed by atoms with Crippen molar-refractivity contribution in [1.29, 1.82) is 0 Å². The van der Waals surface area contributed by atoms with E-state index >= 15 is 0 Å². The summed E-state index contributed by atoms with van der Waals surface area (Å²) in [5.41, 5.74) is 3.25. The molecule has 4 aromatic rings. The van der Waals surface area contributed by atoms with E-state index in [9.17, 15) is 19.8 Å². The van der Waals surface area contributed by atoms with E-state index < -0.39 is 18.8 Å². The summed E-state index contributed by atoms with van der Waals surface area (Å²) in [6.07, 6.45) is -0.869. The van der Waals surface area contributed by atoms with Crippen molar-refractivity contribution < 1.29 is 29.4 Å². The van der Waals surface area contributed by atoms with E-state index in [1.807, 2.05) is 84.9 Å². The van der Waals surface area contributed by atoms with E-state index in [1.54, 1.807) is 24.3 Å². The molecular weight excluding hydrogens is 582 g/mol. The van der Waals surface area contributed by atoms with Crippen LogP contribution in [0.4, 0.5) is 0 Å². The zero-order valence-electron chi connectivity index (χ0n) is 25.4. The van der Waals surface area contributed by atoms with Gasteiger partial charge < -0.3 is 25.6 Å². The van der Waals surface area contributed by atoms with Crippen molar-refractivity contribution in [3.05, 3.63) is 143 Å². The standard InChI is InChI=1S/C37H35N3O6/c1-26(42)34-33(25-41)46-40(24-29-11-8-10-27(22-29)12-9-21-38-36(43)30-13-4-2-5-14-30)35(34)37(44)39-23-28-17-19-32(20-18-28)45-31-15-6-3-7-16-31/h2-8,10-11,13-20,22,33,35,41-42H,21,23-25H2,1H3,(H,38,43)(H,39,44)/b34-26+/t33-,35-/m1/s1. The van der Waals surface area contributed by atoms with Crippen molar-refractivity contribution in [1.82, 2.24) is 15.7 Å². The monoisotopic (exact) mass is 617 g/mol. The van der Waals surface area contributed by atoms with Crippen molar-refractivity contribution in [3.63, 3.8) is 0 Å². The van der Waals surface area contributed by atoms with Crippen LogP contribution in [0.1, 0.15) is 34.0 Å². The molecule has 0 radical (unpaired) electrons. The fourth-order valence-electron chi connectivity index (χ4n) is 5.05. The molecule has 2 amide bonds. The molecule has 2 atom stereocenters. The molecule has 4 aromatic carbocycles. The Morgan fingerprint density at radius 1 is 0.870 bits per heavy atom. The number of nitrogens with one attached hydrogen (secondary N) is 2. The lowest BCUT2D eigenvalue weighted by molar-refractivity contribution is -0.181. The molecule has 1 aliphatic heterocycles. The van der Waals surface area contributed by atoms with Crippen molar-refractivity contribution >= 4 is 11.8 Å². The normalized spacial score (nSPS) is 17.0. The SMILES string of the molecule is C/C(O)=C1/[C@@H](CO)ON(Cc2cccc(C#CCNC(=O)c3ccccc3)c2)[C@H]1C(=O)NCc1ccc(Oc2ccccc2)cc1. The number of aliphatic hydroxyl groups is 2. The highest BCUT2D eigenvalue weighted by atomic mass is 16.7. The van der Waals surface area contributed by atoms with Gasteiger partial charge in [-0.15, -0.1) is 0 Å². The minimum Gasteiger partial charge on any atom is -0.512 e. The van der Waals surface area contributed by atoms with Gasteiger partial charge in [-0.3, -0.25) is 14.4 Å². The number of hydrogen-bond acceptors (Lipinski definition) is 7. The average Bonchev–Trinajstić information content (AvgIpc) is 3.46. The highest BCUT2D eigenvalue weighted by molar-refractivity contribution is 5.94. The highest BCUT2D eigenvalue weighted by Gasteiger charge is 2.44. The van der Waals surface area contributed by atoms with Crippen molar-refractivity contribution in [2.45, 2.75) is 32.2 Å². The van der Waals surface area contributed by atoms with Gasteiger partial charge in [0.15, 0.2) is 0 Å². The first-order chi connectivity index (χ1) is 22.4. The minimum atomic E-state index is -0.967. The Balaban J connectivity index is 1.23. The number of carbonyl (C=O) groups excluding carboxylic acids is 2. The van der Waals surface area contributed by atoms with Crippen LogP contribution in [-0.4, -0.2) is 52.4 Å². The van der Waals surface area contributed by atoms with Gasteiger partial charge in [-0.25, -0.2) is 0 Å². The first kappa shape index (κ1) is 32.0. The summed E-state index contributed by atoms with van der Waals surface area (Å²) in [5, 5.41) is 27.7. The van der Waals surface area contributed by atoms with Gasteiger partial charge in [0.2, 0.25) is 5.91 Å². The first-order valence-electron chi connectivity index (χ1n) is 14.9. The van der Waals surface area contributed by atoms with Crippen LogP contribution in [0.25, 0.3) is 0 Å². The Bertz CT molecular complexity index is 1730. The third-order valence-corrected chi connectivity index (χ3v) is 7.26. The topological polar surface area (TPSA) is 120 Å². The number of benzene rings is 4. The van der Waals surface area contributed by atoms with Gasteiger partial charge in [-0.1, -0.05) is 72.5 Å². The number of ether oxygens (including phenoxy) is 1. The van der Waals surface area contributed by atoms with Crippen LogP contribution in [0.2, 0.25) is 0 Å². The Kier molecular flexibility index (Phi) is 10.8. The molecular formula is C37H35N3O6. The van der Waals surface area contributed by atoms with Gasteiger partial charge in [-0.05, 0) is 66.6 Å². The summed E-state index contributed by atoms with van der Waals surface area (Å²) in [4.78, 5) is 31.8. The third-order valence-electron chi connectivity index (χ3n) is 7.26. The van der Waals surface area contributed by atoms with Gasteiger partial charge in [0.25, 0.3) is 5.91 Å². The lowest BCUT2D eigenvalue weighted by atomic mass is 10.00. The predicted octanol–water partition coefficient (Wildman–Crippen LogP) is 4.89. The zero-order chi connectivity index (χ0) is 32.3. The van der Waals surface area contributed by atoms with Crippen molar-refractivity contribution in [2.75, 3.05) is 13.2 Å². The minimum absolute atomic E-state index is 0.0821. The van der Waals surface area contributed by atoms with Crippen LogP contribution in [-0.2, 0) is 22.7 Å². The third kappa shape index (κ3) is 8.40. The summed E-state index contributed by atoms with van der Waals surface area (Å²) in [6.45, 7) is 1.68. The van der Waals surface area contributed by atoms with Gasteiger partial charge in [-0.2, -0.15) is 5.06 Å². The van der Waals surface area contributed by atoms with Gasteiger partial charge >= 0.3 is 0 Å². The first-order valence-corrected chi connectivity index (χ1v) is 14.9. The number of nitrogens with zero attached hydrogens (tertiary/aromatic N) is 1. The molecule has 0 unspecified atom stereocenters. The Hall–Kier alpha value is -5.40. The molecule has 4 N–H and O–H groups in total. The number of para-hydroxylation sites is 1. The smallest absolute Gasteiger partial charge is 0.252 e. The lowest BCUT2D eigenvalue weighted by Gasteiger charge is -2.22. The maximum atomic E-state index is 13.6. The molecule has 234 valence electrons. The summed E-state index contributed by atoms with van der Waals surface area (Å²) >= 11 is 0. The Morgan fingerprint density at radius 2 is 1.57 bits per heavy atom. The van der Waals surface area contributed by atoms with Gasteiger partial charge in [0.1, 0.15) is 23.6 Å². The van der Waals surface area contributed by atoms with Crippen LogP contribution in [0, 0.1) is 11.8 Å². The van der Waals surface area contributed by atoms with E-state index in [1.165, 1.54) is 12.0 Å². The number of amides is 2. The molecule has 46 heavy (non-hydrogen) atoms. The molecule has 5 rings (SSSR count). The zero-order valence-corrected chi connectivity index (χ0v) is 25.4. The molecule has 0 saturated carbocycles. The summed E-state index contributed by atoms with van der Waals surface area (Å²) in [7, 11) is 0. The highest BCUT2D eigenvalue weighted by Crippen LogP contribution is 2.31. The molecule has 0 spiro atoms. The van der Waals surface area contributed by atoms with Crippen molar-refractivity contribution in [2.24, 2.45) is 0 Å². The van der Waals surface area contributed by atoms with Crippen LogP contribution in [0.5, 0.6) is 11.5 Å². The second-order valence-electron chi connectivity index (χ2n) is 10.6. The van der Waals surface area contributed by atoms with Crippen LogP contribution in [0.15, 0.2) is 121 Å². The van der Waals surface area contributed by atoms with E-state index in [4.69, 9.17) is 9.57 Å². The number of aliphatic hydroxyl groups excluding tert-OH is 2. The molecule has 1 saturated heterocycles. The lowest BCUT2D eigenvalue weighted by Crippen LogP contribution is -2.43. The number of hydroxylamine groups is 2. The number of rotatable bonds is 10. The Morgan fingerprint density at radius 3 is 2.26 bits per heavy atom. The summed E-state index contributed by atoms with van der Waals surface area (Å²) in [5.74, 6) is 6.76. The molecule has 1 aliphatic rings. The second kappa shape index (κ2) is 15.5. The maximum Gasteiger partial charge on any atom is 0.252 e. The van der Waals surface area contributed by atoms with Crippen LogP contribution < -0.4 is 15.4 Å². The summed E-state index contributed by atoms with van der Waals surface area (Å²) < 4.78 is 5.84. The van der Waals surface area contributed by atoms with E-state index in [0.717, 1.165) is 22.4 Å². The second-order valence-corrected chi connectivity index (χ2v) is 10.6. The molecule has 0 bridgehead atoms. The molecule has 9 heteroatoms. The number of carbonyl (C=O) groups is 2. The fraction of sp³-hybridized carbons (Fsp3) is 0.189. The molecule has 9 nitrogen and oxygen atoms in total. The maximum absolute atomic E-state index is 13.6. The Labute approximate surface area is 268 Å². The van der Waals surface area contributed by atoms with Crippen molar-refractivity contribution in [3.8, 4) is 23.3 Å². The molecule has 1 heterocycles. The van der Waals surface area contributed by atoms with E-state index in [2.05, 4.69) is 22.5 Å². The number of allylic oxidation sites excluding steroid dienone is 1. The fourth-order valence-corrected chi connectivity index (χ4v) is 5.05. The van der Waals surface area contributed by atoms with Gasteiger partial charge in [0, 0.05) is 23.2 Å². The van der Waals surface area contributed by atoms with E-state index in [0.29, 0.717) is 16.9 Å². The largest absolute Gasteiger partial charge is 0.512 e. The number of hydrogen-bond donors (Lipinski definition) is 4. The van der Waals surface area contributed by atoms with Gasteiger partial charge in [0.05, 0.1) is 25.5 Å². The quantitative estimate of drug-likeness (QED) is 0.148. The predicted molar refractivity (Wildman–Crippen MR) is 174 cm³/mol. The molecule has 0 aliphatic carbocycles. The molecule has 0 aromatic heterocycles. The molecule has 1 fully saturated rings. The van der Waals surface area contributed by atoms with Crippen LogP contribution >= 0.6 is 0 Å². The van der Waals surface area contributed by atoms with Crippen LogP contribution in [0.3, 0.4) is 0 Å².